The number of nitrogens with zero attached hydrogens (tertiary/aromatic N) is 1. The van der Waals surface area contributed by atoms with E-state index in [-0.39, 0.29) is 38.2 Å². The Labute approximate surface area is 207 Å². The van der Waals surface area contributed by atoms with E-state index < -0.39 is 5.41 Å². The standard InChI is InChI=1S/C22H9B10N/c1-22(2,3)8-4-5-10(24)13(27)15(29)17(31)20(5)33-19(4)6(9(23)12(8)26)7-11(25)14(28)16(30)18(32)21(7)33/h1-3H3. The molecule has 132 valence electrons. The molecule has 0 amide bonds. The molecule has 20 radical (unpaired) electrons. The Kier molecular flexibility index (Phi) is 4.74. The number of fused-ring (bicyclic) bond motifs is 6. The SMILES string of the molecule is [B]c1c([B])c([B])c2c(c1[B])c1c([B])c([B])c(C(C)(C)C)c3c4c([B])c([B])c([B])c([B])c4n2c13. The van der Waals surface area contributed by atoms with Gasteiger partial charge in [-0.1, -0.05) is 53.5 Å². The lowest BCUT2D eigenvalue weighted by Gasteiger charge is -2.27. The van der Waals surface area contributed by atoms with Crippen LogP contribution in [0.4, 0.5) is 0 Å². The van der Waals surface area contributed by atoms with Gasteiger partial charge >= 0.3 is 0 Å². The minimum atomic E-state index is -0.420. The van der Waals surface area contributed by atoms with Gasteiger partial charge in [-0.25, -0.2) is 0 Å². The Morgan fingerprint density at radius 1 is 0.394 bits per heavy atom. The van der Waals surface area contributed by atoms with E-state index in [0.29, 0.717) is 49.1 Å². The maximum absolute atomic E-state index is 6.66. The molecule has 0 aliphatic rings. The zero-order valence-electron chi connectivity index (χ0n) is 18.7. The van der Waals surface area contributed by atoms with Gasteiger partial charge in [-0.3, -0.25) is 0 Å². The van der Waals surface area contributed by atoms with Gasteiger partial charge in [0.15, 0.2) is 0 Å². The van der Waals surface area contributed by atoms with E-state index in [1.54, 1.807) is 0 Å². The van der Waals surface area contributed by atoms with Crippen LogP contribution in [0.3, 0.4) is 0 Å². The molecule has 0 aliphatic heterocycles. The summed E-state index contributed by atoms with van der Waals surface area (Å²) in [4.78, 5) is 0. The molecule has 2 heterocycles. The topological polar surface area (TPSA) is 4.41 Å². The van der Waals surface area contributed by atoms with Crippen LogP contribution in [0.5, 0.6) is 0 Å². The first-order chi connectivity index (χ1) is 15.2. The molecule has 3 aromatic carbocycles. The Hall–Kier alpha value is -1.89. The monoisotopic (exact) mass is 397 g/mol. The second kappa shape index (κ2) is 6.83. The Bertz CT molecular complexity index is 1690. The van der Waals surface area contributed by atoms with Crippen LogP contribution in [0.1, 0.15) is 26.3 Å². The molecule has 0 unspecified atom stereocenters. The molecule has 0 N–H and O–H groups in total. The first-order valence-electron chi connectivity index (χ1n) is 10.3. The van der Waals surface area contributed by atoms with Crippen LogP contribution in [-0.2, 0) is 5.41 Å². The fourth-order valence-corrected chi connectivity index (χ4v) is 5.21. The smallest absolute Gasteiger partial charge is 0.115 e. The van der Waals surface area contributed by atoms with E-state index in [9.17, 15) is 0 Å². The first kappa shape index (κ1) is 22.9. The fourth-order valence-electron chi connectivity index (χ4n) is 5.21. The van der Waals surface area contributed by atoms with Gasteiger partial charge in [0.25, 0.3) is 0 Å². The molecular formula is C22H9B10N. The van der Waals surface area contributed by atoms with Gasteiger partial charge in [0.2, 0.25) is 0 Å². The zero-order chi connectivity index (χ0) is 24.5. The summed E-state index contributed by atoms with van der Waals surface area (Å²) >= 11 is 0. The summed E-state index contributed by atoms with van der Waals surface area (Å²) in [6.07, 6.45) is 0. The fraction of sp³-hybridized carbons (Fsp3) is 0.182. The van der Waals surface area contributed by atoms with E-state index in [2.05, 4.69) is 0 Å². The van der Waals surface area contributed by atoms with E-state index in [1.807, 2.05) is 25.2 Å². The highest BCUT2D eigenvalue weighted by molar-refractivity contribution is 6.71. The van der Waals surface area contributed by atoms with Crippen LogP contribution in [-0.4, -0.2) is 82.9 Å². The average molecular weight is 395 g/mol. The molecule has 11 heteroatoms. The Morgan fingerprint density at radius 2 is 0.727 bits per heavy atom. The quantitative estimate of drug-likeness (QED) is 0.230. The van der Waals surface area contributed by atoms with Gasteiger partial charge in [0, 0.05) is 21.8 Å². The number of aromatic nitrogens is 1. The van der Waals surface area contributed by atoms with Crippen molar-refractivity contribution in [1.29, 1.82) is 0 Å². The molecule has 0 bridgehead atoms. The van der Waals surface area contributed by atoms with Crippen molar-refractivity contribution in [3.8, 4) is 0 Å². The average Bonchev–Trinajstić information content (AvgIpc) is 3.25. The maximum Gasteiger partial charge on any atom is 0.115 e. The second-order valence-electron chi connectivity index (χ2n) is 9.64. The van der Waals surface area contributed by atoms with Crippen molar-refractivity contribution in [1.82, 2.24) is 4.40 Å². The molecule has 0 saturated carbocycles. The van der Waals surface area contributed by atoms with Gasteiger partial charge in [-0.05, 0) is 21.8 Å². The summed E-state index contributed by atoms with van der Waals surface area (Å²) < 4.78 is 1.85. The summed E-state index contributed by atoms with van der Waals surface area (Å²) in [6.45, 7) is 6.10. The molecule has 0 spiro atoms. The van der Waals surface area contributed by atoms with Crippen molar-refractivity contribution < 1.29 is 0 Å². The summed E-state index contributed by atoms with van der Waals surface area (Å²) in [5.41, 5.74) is 4.57. The minimum Gasteiger partial charge on any atom is -0.309 e. The van der Waals surface area contributed by atoms with Crippen molar-refractivity contribution in [2.24, 2.45) is 0 Å². The second-order valence-corrected chi connectivity index (χ2v) is 9.64. The molecular weight excluding hydrogens is 386 g/mol. The molecule has 0 atom stereocenters. The summed E-state index contributed by atoms with van der Waals surface area (Å²) in [6, 6.07) is 0. The lowest BCUT2D eigenvalue weighted by atomic mass is 9.63. The number of hydrogen-bond acceptors (Lipinski definition) is 0. The molecule has 2 aromatic heterocycles. The minimum absolute atomic E-state index is 0.159. The number of benzene rings is 3. The molecule has 0 fully saturated rings. The van der Waals surface area contributed by atoms with Gasteiger partial charge in [-0.15, -0.1) is 21.9 Å². The van der Waals surface area contributed by atoms with Crippen molar-refractivity contribution in [3.05, 3.63) is 5.56 Å². The summed E-state index contributed by atoms with van der Waals surface area (Å²) in [7, 11) is 64.2. The molecule has 0 aliphatic carbocycles. The number of hydrogen-bond donors (Lipinski definition) is 0. The van der Waals surface area contributed by atoms with Crippen LogP contribution >= 0.6 is 0 Å². The van der Waals surface area contributed by atoms with Crippen molar-refractivity contribution >= 4 is 171 Å². The van der Waals surface area contributed by atoms with Gasteiger partial charge in [-0.2, -0.15) is 0 Å². The predicted molar refractivity (Wildman–Crippen MR) is 154 cm³/mol. The Balaban J connectivity index is 2.38. The highest BCUT2D eigenvalue weighted by Gasteiger charge is 2.30. The lowest BCUT2D eigenvalue weighted by molar-refractivity contribution is 0.600. The van der Waals surface area contributed by atoms with E-state index in [1.165, 1.54) is 0 Å². The molecule has 5 aromatic rings. The van der Waals surface area contributed by atoms with Crippen molar-refractivity contribution in [2.75, 3.05) is 0 Å². The third kappa shape index (κ3) is 2.58. The van der Waals surface area contributed by atoms with E-state index >= 15 is 0 Å². The van der Waals surface area contributed by atoms with Crippen LogP contribution in [0.25, 0.3) is 38.1 Å². The zero-order valence-corrected chi connectivity index (χ0v) is 18.7. The van der Waals surface area contributed by atoms with E-state index in [4.69, 9.17) is 78.5 Å². The van der Waals surface area contributed by atoms with Gasteiger partial charge in [0.05, 0.1) is 5.52 Å². The predicted octanol–water partition coefficient (Wildman–Crippen LogP) is -5.93. The van der Waals surface area contributed by atoms with Crippen LogP contribution in [0.2, 0.25) is 0 Å². The highest BCUT2D eigenvalue weighted by Crippen LogP contribution is 2.39. The van der Waals surface area contributed by atoms with Gasteiger partial charge < -0.3 is 4.40 Å². The summed E-state index contributed by atoms with van der Waals surface area (Å²) in [5, 5.41) is 2.50. The lowest BCUT2D eigenvalue weighted by Crippen LogP contribution is -2.49. The summed E-state index contributed by atoms with van der Waals surface area (Å²) in [5.74, 6) is 0. The molecule has 0 saturated heterocycles. The van der Waals surface area contributed by atoms with Crippen molar-refractivity contribution in [2.45, 2.75) is 26.2 Å². The van der Waals surface area contributed by atoms with Crippen LogP contribution < -0.4 is 54.6 Å². The van der Waals surface area contributed by atoms with Crippen molar-refractivity contribution in [3.63, 3.8) is 0 Å². The third-order valence-electron chi connectivity index (χ3n) is 6.74. The van der Waals surface area contributed by atoms with Gasteiger partial charge in [0.1, 0.15) is 78.5 Å². The maximum atomic E-state index is 6.66. The van der Waals surface area contributed by atoms with Crippen LogP contribution in [0.15, 0.2) is 0 Å². The molecule has 33 heavy (non-hydrogen) atoms. The Morgan fingerprint density at radius 3 is 1.15 bits per heavy atom. The molecule has 5 rings (SSSR count). The third-order valence-corrected chi connectivity index (χ3v) is 6.74. The first-order valence-corrected chi connectivity index (χ1v) is 10.3. The van der Waals surface area contributed by atoms with E-state index in [0.717, 1.165) is 10.9 Å². The largest absolute Gasteiger partial charge is 0.309 e. The number of rotatable bonds is 0. The van der Waals surface area contributed by atoms with Crippen LogP contribution in [0, 0.1) is 0 Å². The normalized spacial score (nSPS) is 12.7. The molecule has 1 nitrogen and oxygen atoms in total. The highest BCUT2D eigenvalue weighted by atomic mass is 14.9.